The minimum absolute atomic E-state index is 0.346. The predicted octanol–water partition coefficient (Wildman–Crippen LogP) is 3.90. The van der Waals surface area contributed by atoms with Gasteiger partial charge in [-0.1, -0.05) is 11.6 Å². The number of nitrogens with zero attached hydrogens (tertiary/aromatic N) is 2. The molecule has 0 radical (unpaired) electrons. The van der Waals surface area contributed by atoms with E-state index in [9.17, 15) is 5.11 Å². The number of benzene rings is 1. The lowest BCUT2D eigenvalue weighted by molar-refractivity contribution is 0.160. The highest BCUT2D eigenvalue weighted by atomic mass is 35.5. The van der Waals surface area contributed by atoms with Crippen molar-refractivity contribution in [3.05, 3.63) is 33.8 Å². The smallest absolute Gasteiger partial charge is 0.124 e. The van der Waals surface area contributed by atoms with Crippen molar-refractivity contribution in [1.29, 1.82) is 0 Å². The molecule has 3 nitrogen and oxygen atoms in total. The van der Waals surface area contributed by atoms with Crippen LogP contribution >= 0.6 is 22.9 Å². The van der Waals surface area contributed by atoms with Gasteiger partial charge >= 0.3 is 0 Å². The van der Waals surface area contributed by atoms with E-state index in [1.807, 2.05) is 37.2 Å². The summed E-state index contributed by atoms with van der Waals surface area (Å²) in [7, 11) is 3.94. The molecule has 2 aromatic rings. The highest BCUT2D eigenvalue weighted by Gasteiger charge is 2.23. The summed E-state index contributed by atoms with van der Waals surface area (Å²) in [5, 5.41) is 11.7. The molecule has 3 rings (SSSR count). The van der Waals surface area contributed by atoms with Crippen molar-refractivity contribution in [2.24, 2.45) is 0 Å². The second-order valence-electron chi connectivity index (χ2n) is 5.30. The fourth-order valence-corrected chi connectivity index (χ4v) is 4.00. The van der Waals surface area contributed by atoms with Crippen molar-refractivity contribution >= 4 is 28.6 Å². The molecule has 1 atom stereocenters. The molecule has 1 aromatic carbocycles. The van der Waals surface area contributed by atoms with Gasteiger partial charge in [0.15, 0.2) is 0 Å². The summed E-state index contributed by atoms with van der Waals surface area (Å²) >= 11 is 7.90. The van der Waals surface area contributed by atoms with E-state index < -0.39 is 0 Å². The molecular formula is C15H17ClN2OS. The van der Waals surface area contributed by atoms with Crippen LogP contribution < -0.4 is 4.90 Å². The Labute approximate surface area is 127 Å². The van der Waals surface area contributed by atoms with Gasteiger partial charge in [0.1, 0.15) is 5.01 Å². The van der Waals surface area contributed by atoms with Gasteiger partial charge in [-0.25, -0.2) is 4.98 Å². The highest BCUT2D eigenvalue weighted by Crippen LogP contribution is 2.39. The maximum absolute atomic E-state index is 10.0. The maximum atomic E-state index is 10.0. The molecule has 1 heterocycles. The van der Waals surface area contributed by atoms with Gasteiger partial charge in [-0.15, -0.1) is 11.3 Å². The predicted molar refractivity (Wildman–Crippen MR) is 84.8 cm³/mol. The summed E-state index contributed by atoms with van der Waals surface area (Å²) in [6, 6.07) is 6.00. The van der Waals surface area contributed by atoms with E-state index in [1.165, 1.54) is 0 Å². The number of thiazole rings is 1. The third-order valence-electron chi connectivity index (χ3n) is 3.60. The average molecular weight is 309 g/mol. The van der Waals surface area contributed by atoms with Crippen LogP contribution in [0.1, 0.15) is 29.5 Å². The Bertz CT molecular complexity index is 639. The van der Waals surface area contributed by atoms with Crippen LogP contribution in [0, 0.1) is 0 Å². The van der Waals surface area contributed by atoms with Crippen LogP contribution in [0.3, 0.4) is 0 Å². The Morgan fingerprint density at radius 3 is 2.85 bits per heavy atom. The van der Waals surface area contributed by atoms with Crippen LogP contribution in [0.25, 0.3) is 10.6 Å². The lowest BCUT2D eigenvalue weighted by atomic mass is 10.0. The van der Waals surface area contributed by atoms with Crippen LogP contribution in [-0.2, 0) is 6.42 Å². The van der Waals surface area contributed by atoms with E-state index >= 15 is 0 Å². The van der Waals surface area contributed by atoms with Gasteiger partial charge in [0.25, 0.3) is 0 Å². The fourth-order valence-electron chi connectivity index (χ4n) is 2.52. The van der Waals surface area contributed by atoms with Gasteiger partial charge in [-0.05, 0) is 37.5 Å². The van der Waals surface area contributed by atoms with Crippen LogP contribution in [-0.4, -0.2) is 24.2 Å². The molecule has 5 heteroatoms. The van der Waals surface area contributed by atoms with E-state index in [1.54, 1.807) is 11.3 Å². The van der Waals surface area contributed by atoms with Crippen LogP contribution in [0.5, 0.6) is 0 Å². The van der Waals surface area contributed by atoms with Crippen LogP contribution in [0.15, 0.2) is 18.2 Å². The van der Waals surface area contributed by atoms with Crippen molar-refractivity contribution < 1.29 is 5.11 Å². The molecule has 106 valence electrons. The summed E-state index contributed by atoms with van der Waals surface area (Å²) < 4.78 is 0. The second-order valence-corrected chi connectivity index (χ2v) is 6.74. The van der Waals surface area contributed by atoms with Gasteiger partial charge in [0.2, 0.25) is 0 Å². The van der Waals surface area contributed by atoms with E-state index in [0.717, 1.165) is 51.1 Å². The first-order valence-electron chi connectivity index (χ1n) is 6.71. The number of aryl methyl sites for hydroxylation is 1. The molecule has 20 heavy (non-hydrogen) atoms. The summed E-state index contributed by atoms with van der Waals surface area (Å²) in [4.78, 5) is 7.69. The van der Waals surface area contributed by atoms with E-state index in [-0.39, 0.29) is 6.10 Å². The minimum Gasteiger partial charge on any atom is -0.388 e. The molecular weight excluding hydrogens is 292 g/mol. The molecule has 0 amide bonds. The van der Waals surface area contributed by atoms with E-state index in [4.69, 9.17) is 11.6 Å². The van der Waals surface area contributed by atoms with Gasteiger partial charge in [-0.3, -0.25) is 0 Å². The number of anilines is 1. The zero-order valence-corrected chi connectivity index (χ0v) is 13.1. The first-order chi connectivity index (χ1) is 9.56. The molecule has 1 N–H and O–H groups in total. The Morgan fingerprint density at radius 1 is 1.40 bits per heavy atom. The van der Waals surface area contributed by atoms with Gasteiger partial charge in [-0.2, -0.15) is 0 Å². The first-order valence-corrected chi connectivity index (χ1v) is 7.90. The fraction of sp³-hybridized carbons (Fsp3) is 0.400. The molecule has 0 saturated carbocycles. The number of halogens is 1. The van der Waals surface area contributed by atoms with Crippen molar-refractivity contribution in [3.8, 4) is 10.6 Å². The lowest BCUT2D eigenvalue weighted by Crippen LogP contribution is -2.08. The monoisotopic (exact) mass is 308 g/mol. The van der Waals surface area contributed by atoms with Crippen LogP contribution in [0.2, 0.25) is 5.02 Å². The first kappa shape index (κ1) is 13.9. The third kappa shape index (κ3) is 2.43. The van der Waals surface area contributed by atoms with Gasteiger partial charge < -0.3 is 10.0 Å². The lowest BCUT2D eigenvalue weighted by Gasteiger charge is -2.14. The van der Waals surface area contributed by atoms with Crippen molar-refractivity contribution in [2.45, 2.75) is 25.4 Å². The summed E-state index contributed by atoms with van der Waals surface area (Å²) in [5.41, 5.74) is 3.07. The maximum Gasteiger partial charge on any atom is 0.124 e. The number of hydrogen-bond acceptors (Lipinski definition) is 4. The molecule has 0 aliphatic heterocycles. The topological polar surface area (TPSA) is 36.4 Å². The zero-order chi connectivity index (χ0) is 14.3. The number of fused-ring (bicyclic) bond motifs is 1. The minimum atomic E-state index is -0.346. The standard InChI is InChI=1S/C15H17ClN2OS/c1-18(2)12-7-6-9(8-10(12)16)15-17-11-4-3-5-13(19)14(11)20-15/h6-8,13,19H,3-5H2,1-2H3. The largest absolute Gasteiger partial charge is 0.388 e. The quantitative estimate of drug-likeness (QED) is 0.914. The van der Waals surface area contributed by atoms with E-state index in [0.29, 0.717) is 0 Å². The molecule has 1 aliphatic carbocycles. The average Bonchev–Trinajstić information content (AvgIpc) is 2.83. The Hall–Kier alpha value is -1.10. The Kier molecular flexibility index (Phi) is 3.71. The number of hydrogen-bond donors (Lipinski definition) is 1. The summed E-state index contributed by atoms with van der Waals surface area (Å²) in [5.74, 6) is 0. The number of aliphatic hydroxyl groups is 1. The van der Waals surface area contributed by atoms with E-state index in [2.05, 4.69) is 4.98 Å². The number of rotatable bonds is 2. The number of aromatic nitrogens is 1. The Balaban J connectivity index is 1.99. The molecule has 1 aromatic heterocycles. The highest BCUT2D eigenvalue weighted by molar-refractivity contribution is 7.15. The summed E-state index contributed by atoms with van der Waals surface area (Å²) in [6.07, 6.45) is 2.47. The molecule has 0 fully saturated rings. The van der Waals surface area contributed by atoms with Gasteiger partial charge in [0, 0.05) is 19.7 Å². The molecule has 0 spiro atoms. The SMILES string of the molecule is CN(C)c1ccc(-c2nc3c(s2)C(O)CCC3)cc1Cl. The molecule has 0 bridgehead atoms. The van der Waals surface area contributed by atoms with Crippen molar-refractivity contribution in [3.63, 3.8) is 0 Å². The summed E-state index contributed by atoms with van der Waals surface area (Å²) in [6.45, 7) is 0. The third-order valence-corrected chi connectivity index (χ3v) is 5.15. The Morgan fingerprint density at radius 2 is 2.20 bits per heavy atom. The molecule has 0 saturated heterocycles. The van der Waals surface area contributed by atoms with Gasteiger partial charge in [0.05, 0.1) is 27.4 Å². The zero-order valence-electron chi connectivity index (χ0n) is 11.6. The molecule has 1 aliphatic rings. The number of aliphatic hydroxyl groups excluding tert-OH is 1. The second kappa shape index (κ2) is 5.35. The normalized spacial score (nSPS) is 17.9. The van der Waals surface area contributed by atoms with Crippen molar-refractivity contribution in [1.82, 2.24) is 4.98 Å². The molecule has 1 unspecified atom stereocenters. The van der Waals surface area contributed by atoms with Crippen molar-refractivity contribution in [2.75, 3.05) is 19.0 Å². The van der Waals surface area contributed by atoms with Crippen LogP contribution in [0.4, 0.5) is 5.69 Å².